The number of nitrogens with one attached hydrogen (secondary N) is 1. The monoisotopic (exact) mass is 478 g/mol. The molecule has 0 atom stereocenters. The number of carbonyl (C=O) groups is 2. The standard InChI is InChI=1S/C24H29F3N4O3/c1-17(32)28-14-18-2-5-20(6-3-18)22-7-4-19(15-29-22)16-31(13-10-24(25,26)27)21-8-11-30(12-9-21)23(33)34/h2-7,15,21H,8-14,16H2,1H3,(H,28,32)(H,33,34). The molecule has 1 fully saturated rings. The molecule has 0 saturated carbocycles. The van der Waals surface area contributed by atoms with Crippen LogP contribution in [0.1, 0.15) is 37.3 Å². The number of benzene rings is 1. The van der Waals surface area contributed by atoms with Gasteiger partial charge in [-0.05, 0) is 30.0 Å². The van der Waals surface area contributed by atoms with Crippen LogP contribution in [0.15, 0.2) is 42.6 Å². The number of halogens is 3. The maximum Gasteiger partial charge on any atom is 0.407 e. The highest BCUT2D eigenvalue weighted by Crippen LogP contribution is 2.25. The van der Waals surface area contributed by atoms with Gasteiger partial charge >= 0.3 is 12.3 Å². The maximum atomic E-state index is 12.9. The number of likely N-dealkylation sites (tertiary alicyclic amines) is 1. The molecule has 0 aliphatic carbocycles. The van der Waals surface area contributed by atoms with Gasteiger partial charge in [0.05, 0.1) is 12.1 Å². The maximum absolute atomic E-state index is 12.9. The van der Waals surface area contributed by atoms with Crippen molar-refractivity contribution in [3.8, 4) is 11.3 Å². The predicted octanol–water partition coefficient (Wildman–Crippen LogP) is 4.28. The normalized spacial score (nSPS) is 14.9. The highest BCUT2D eigenvalue weighted by molar-refractivity contribution is 5.72. The van der Waals surface area contributed by atoms with Gasteiger partial charge in [0.2, 0.25) is 5.91 Å². The van der Waals surface area contributed by atoms with Crippen LogP contribution in [-0.2, 0) is 17.9 Å². The lowest BCUT2D eigenvalue weighted by molar-refractivity contribution is -0.140. The summed E-state index contributed by atoms with van der Waals surface area (Å²) in [4.78, 5) is 29.8. The Morgan fingerprint density at radius 2 is 1.76 bits per heavy atom. The molecule has 0 spiro atoms. The van der Waals surface area contributed by atoms with Crippen molar-refractivity contribution in [2.24, 2.45) is 0 Å². The van der Waals surface area contributed by atoms with E-state index in [4.69, 9.17) is 5.11 Å². The van der Waals surface area contributed by atoms with Crippen LogP contribution in [0.3, 0.4) is 0 Å². The van der Waals surface area contributed by atoms with Crippen LogP contribution in [0.2, 0.25) is 0 Å². The molecule has 1 aliphatic rings. The third-order valence-electron chi connectivity index (χ3n) is 5.94. The number of amides is 2. The molecule has 1 saturated heterocycles. The van der Waals surface area contributed by atoms with Crippen LogP contribution in [0.5, 0.6) is 0 Å². The molecule has 0 unspecified atom stereocenters. The minimum absolute atomic E-state index is 0.0990. The first-order chi connectivity index (χ1) is 16.1. The summed E-state index contributed by atoms with van der Waals surface area (Å²) in [6.45, 7) is 2.72. The number of alkyl halides is 3. The Kier molecular flexibility index (Phi) is 8.49. The van der Waals surface area contributed by atoms with Gasteiger partial charge in [-0.25, -0.2) is 4.79 Å². The quantitative estimate of drug-likeness (QED) is 0.592. The Morgan fingerprint density at radius 1 is 1.12 bits per heavy atom. The number of aromatic nitrogens is 1. The number of carboxylic acid groups (broad SMARTS) is 1. The molecule has 2 amide bonds. The highest BCUT2D eigenvalue weighted by atomic mass is 19.4. The molecule has 10 heteroatoms. The van der Waals surface area contributed by atoms with E-state index in [1.54, 1.807) is 11.1 Å². The zero-order chi connectivity index (χ0) is 24.7. The fourth-order valence-corrected chi connectivity index (χ4v) is 4.03. The third kappa shape index (κ3) is 7.72. The van der Waals surface area contributed by atoms with Gasteiger partial charge in [0.1, 0.15) is 0 Å². The van der Waals surface area contributed by atoms with E-state index >= 15 is 0 Å². The van der Waals surface area contributed by atoms with Crippen molar-refractivity contribution in [2.75, 3.05) is 19.6 Å². The molecule has 0 radical (unpaired) electrons. The van der Waals surface area contributed by atoms with Crippen LogP contribution in [0.4, 0.5) is 18.0 Å². The van der Waals surface area contributed by atoms with Crippen molar-refractivity contribution in [2.45, 2.75) is 51.5 Å². The SMILES string of the molecule is CC(=O)NCc1ccc(-c2ccc(CN(CCC(F)(F)F)C3CCN(C(=O)O)CC3)cn2)cc1. The number of piperidine rings is 1. The Morgan fingerprint density at radius 3 is 2.29 bits per heavy atom. The molecule has 1 aliphatic heterocycles. The first-order valence-corrected chi connectivity index (χ1v) is 11.2. The molecule has 0 bridgehead atoms. The van der Waals surface area contributed by atoms with Gasteiger partial charge in [0, 0.05) is 57.4 Å². The summed E-state index contributed by atoms with van der Waals surface area (Å²) in [5, 5.41) is 11.9. The number of hydrogen-bond donors (Lipinski definition) is 2. The van der Waals surface area contributed by atoms with E-state index in [0.29, 0.717) is 39.0 Å². The van der Waals surface area contributed by atoms with Crippen molar-refractivity contribution in [3.05, 3.63) is 53.7 Å². The topological polar surface area (TPSA) is 85.8 Å². The van der Waals surface area contributed by atoms with Gasteiger partial charge in [-0.3, -0.25) is 14.7 Å². The first-order valence-electron chi connectivity index (χ1n) is 11.2. The second kappa shape index (κ2) is 11.3. The Hall–Kier alpha value is -3.14. The summed E-state index contributed by atoms with van der Waals surface area (Å²) < 4.78 is 38.7. The Balaban J connectivity index is 1.65. The molecule has 184 valence electrons. The summed E-state index contributed by atoms with van der Waals surface area (Å²) in [6, 6.07) is 11.2. The molecule has 1 aromatic carbocycles. The number of carbonyl (C=O) groups excluding carboxylic acids is 1. The molecule has 34 heavy (non-hydrogen) atoms. The number of rotatable bonds is 8. The number of hydrogen-bond acceptors (Lipinski definition) is 4. The molecule has 1 aromatic heterocycles. The van der Waals surface area contributed by atoms with Gasteiger partial charge in [0.25, 0.3) is 0 Å². The second-order valence-electron chi connectivity index (χ2n) is 8.49. The summed E-state index contributed by atoms with van der Waals surface area (Å²) in [6.07, 6.45) is -3.49. The smallest absolute Gasteiger partial charge is 0.407 e. The van der Waals surface area contributed by atoms with Crippen molar-refractivity contribution >= 4 is 12.0 Å². The summed E-state index contributed by atoms with van der Waals surface area (Å²) in [7, 11) is 0. The van der Waals surface area contributed by atoms with E-state index < -0.39 is 18.7 Å². The van der Waals surface area contributed by atoms with E-state index in [-0.39, 0.29) is 18.5 Å². The molecule has 2 heterocycles. The lowest BCUT2D eigenvalue weighted by Crippen LogP contribution is -2.46. The Bertz CT molecular complexity index is 957. The predicted molar refractivity (Wildman–Crippen MR) is 121 cm³/mol. The lowest BCUT2D eigenvalue weighted by Gasteiger charge is -2.37. The molecular weight excluding hydrogens is 449 g/mol. The minimum Gasteiger partial charge on any atom is -0.465 e. The molecule has 7 nitrogen and oxygen atoms in total. The average Bonchev–Trinajstić information content (AvgIpc) is 2.80. The fourth-order valence-electron chi connectivity index (χ4n) is 4.03. The summed E-state index contributed by atoms with van der Waals surface area (Å²) in [5.41, 5.74) is 3.40. The van der Waals surface area contributed by atoms with Gasteiger partial charge < -0.3 is 15.3 Å². The summed E-state index contributed by atoms with van der Waals surface area (Å²) in [5.74, 6) is -0.0990. The van der Waals surface area contributed by atoms with Crippen molar-refractivity contribution < 1.29 is 27.9 Å². The highest BCUT2D eigenvalue weighted by Gasteiger charge is 2.32. The zero-order valence-corrected chi connectivity index (χ0v) is 19.0. The van der Waals surface area contributed by atoms with E-state index in [2.05, 4.69) is 10.3 Å². The second-order valence-corrected chi connectivity index (χ2v) is 8.49. The average molecular weight is 479 g/mol. The van der Waals surface area contributed by atoms with Gasteiger partial charge in [-0.1, -0.05) is 30.3 Å². The van der Waals surface area contributed by atoms with Gasteiger partial charge in [-0.15, -0.1) is 0 Å². The van der Waals surface area contributed by atoms with Crippen LogP contribution >= 0.6 is 0 Å². The zero-order valence-electron chi connectivity index (χ0n) is 19.0. The van der Waals surface area contributed by atoms with E-state index in [1.807, 2.05) is 36.4 Å². The van der Waals surface area contributed by atoms with E-state index in [9.17, 15) is 22.8 Å². The number of pyridine rings is 1. The largest absolute Gasteiger partial charge is 0.465 e. The van der Waals surface area contributed by atoms with Crippen LogP contribution < -0.4 is 5.32 Å². The van der Waals surface area contributed by atoms with E-state index in [1.165, 1.54) is 11.8 Å². The van der Waals surface area contributed by atoms with Crippen molar-refractivity contribution in [3.63, 3.8) is 0 Å². The first kappa shape index (κ1) is 25.5. The molecule has 3 rings (SSSR count). The third-order valence-corrected chi connectivity index (χ3v) is 5.94. The van der Waals surface area contributed by atoms with Crippen molar-refractivity contribution in [1.82, 2.24) is 20.1 Å². The fraction of sp³-hybridized carbons (Fsp3) is 0.458. The molecule has 2 N–H and O–H groups in total. The number of nitrogens with zero attached hydrogens (tertiary/aromatic N) is 3. The summed E-state index contributed by atoms with van der Waals surface area (Å²) >= 11 is 0. The Labute approximate surface area is 196 Å². The minimum atomic E-state index is -4.26. The van der Waals surface area contributed by atoms with Crippen molar-refractivity contribution in [1.29, 1.82) is 0 Å². The van der Waals surface area contributed by atoms with Crippen LogP contribution in [0.25, 0.3) is 11.3 Å². The van der Waals surface area contributed by atoms with E-state index in [0.717, 1.165) is 22.4 Å². The van der Waals surface area contributed by atoms with Crippen LogP contribution in [-0.4, -0.2) is 63.7 Å². The van der Waals surface area contributed by atoms with Gasteiger partial charge in [-0.2, -0.15) is 13.2 Å². The van der Waals surface area contributed by atoms with Crippen LogP contribution in [0, 0.1) is 0 Å². The lowest BCUT2D eigenvalue weighted by atomic mass is 10.0. The molecular formula is C24H29F3N4O3. The molecule has 2 aromatic rings. The van der Waals surface area contributed by atoms with Gasteiger partial charge in [0.15, 0.2) is 0 Å².